The summed E-state index contributed by atoms with van der Waals surface area (Å²) in [5.41, 5.74) is 1.83. The van der Waals surface area contributed by atoms with Crippen molar-refractivity contribution in [2.45, 2.75) is 46.5 Å². The summed E-state index contributed by atoms with van der Waals surface area (Å²) in [6.07, 6.45) is 10.2. The normalized spacial score (nSPS) is 16.2. The summed E-state index contributed by atoms with van der Waals surface area (Å²) < 4.78 is 0. The van der Waals surface area contributed by atoms with Crippen molar-refractivity contribution in [3.63, 3.8) is 0 Å². The Labute approximate surface area is 110 Å². The van der Waals surface area contributed by atoms with Crippen LogP contribution < -0.4 is 0 Å². The minimum absolute atomic E-state index is 0.200. The molecule has 1 heterocycles. The molecule has 0 bridgehead atoms. The molecular formula is C15H23N3. The van der Waals surface area contributed by atoms with Crippen LogP contribution in [0.1, 0.15) is 46.7 Å². The van der Waals surface area contributed by atoms with Crippen molar-refractivity contribution < 1.29 is 0 Å². The van der Waals surface area contributed by atoms with Gasteiger partial charge >= 0.3 is 0 Å². The lowest BCUT2D eigenvalue weighted by Crippen LogP contribution is -2.31. The van der Waals surface area contributed by atoms with Crippen LogP contribution in [0.3, 0.4) is 0 Å². The highest BCUT2D eigenvalue weighted by atomic mass is 14.8. The molecule has 18 heavy (non-hydrogen) atoms. The zero-order chi connectivity index (χ0) is 13.6. The quantitative estimate of drug-likeness (QED) is 0.740. The van der Waals surface area contributed by atoms with E-state index in [4.69, 9.17) is 0 Å². The van der Waals surface area contributed by atoms with Crippen LogP contribution in [0.5, 0.6) is 0 Å². The van der Waals surface area contributed by atoms with E-state index in [1.807, 2.05) is 19.3 Å². The Bertz CT molecular complexity index is 421. The fourth-order valence-corrected chi connectivity index (χ4v) is 1.99. The van der Waals surface area contributed by atoms with Gasteiger partial charge in [-0.15, -0.1) is 0 Å². The van der Waals surface area contributed by atoms with Gasteiger partial charge in [-0.2, -0.15) is 0 Å². The smallest absolute Gasteiger partial charge is 0.0707 e. The number of rotatable bonds is 5. The third kappa shape index (κ3) is 2.84. The molecule has 1 aromatic rings. The predicted molar refractivity (Wildman–Crippen MR) is 76.8 cm³/mol. The number of allylic oxidation sites excluding steroid dienone is 2. The molecule has 1 aromatic heterocycles. The average molecular weight is 245 g/mol. The summed E-state index contributed by atoms with van der Waals surface area (Å²) in [6, 6.07) is 0. The van der Waals surface area contributed by atoms with Crippen molar-refractivity contribution in [3.8, 4) is 0 Å². The minimum Gasteiger partial charge on any atom is -0.265 e. The summed E-state index contributed by atoms with van der Waals surface area (Å²) in [6.45, 7) is 10.7. The first-order valence-corrected chi connectivity index (χ1v) is 6.53. The molecule has 3 heteroatoms. The van der Waals surface area contributed by atoms with Gasteiger partial charge in [0.1, 0.15) is 0 Å². The van der Waals surface area contributed by atoms with Gasteiger partial charge in [-0.05, 0) is 26.2 Å². The largest absolute Gasteiger partial charge is 0.265 e. The Kier molecular flexibility index (Phi) is 5.20. The highest BCUT2D eigenvalue weighted by molar-refractivity contribution is 5.59. The molecule has 0 aliphatic heterocycles. The van der Waals surface area contributed by atoms with E-state index in [9.17, 15) is 0 Å². The van der Waals surface area contributed by atoms with Gasteiger partial charge in [0.15, 0.2) is 0 Å². The van der Waals surface area contributed by atoms with Crippen LogP contribution >= 0.6 is 0 Å². The molecule has 0 fully saturated rings. The van der Waals surface area contributed by atoms with E-state index >= 15 is 0 Å². The van der Waals surface area contributed by atoms with Crippen molar-refractivity contribution in [2.75, 3.05) is 0 Å². The Morgan fingerprint density at radius 1 is 1.44 bits per heavy atom. The number of hydrogen-bond acceptors (Lipinski definition) is 3. The lowest BCUT2D eigenvalue weighted by molar-refractivity contribution is 0.382. The number of aliphatic imine (C=N–C) groups is 1. The molecule has 1 atom stereocenters. The van der Waals surface area contributed by atoms with Gasteiger partial charge in [-0.1, -0.05) is 26.8 Å². The van der Waals surface area contributed by atoms with Gasteiger partial charge in [-0.25, -0.2) is 0 Å². The first-order chi connectivity index (χ1) is 8.57. The van der Waals surface area contributed by atoms with Gasteiger partial charge in [-0.3, -0.25) is 15.0 Å². The van der Waals surface area contributed by atoms with Gasteiger partial charge < -0.3 is 0 Å². The van der Waals surface area contributed by atoms with Crippen molar-refractivity contribution in [1.82, 2.24) is 9.97 Å². The molecule has 0 spiro atoms. The monoisotopic (exact) mass is 245 g/mol. The standard InChI is InChI=1S/C15H23N3/c1-6-8-17-13(7-2)15(5,12(3)4)14-11-16-9-10-18-14/h7-12H,6H2,1-5H3/b13-7-,17-8-. The molecule has 0 aromatic carbocycles. The lowest BCUT2D eigenvalue weighted by Gasteiger charge is -2.33. The molecule has 0 saturated carbocycles. The van der Waals surface area contributed by atoms with Crippen LogP contribution in [0.15, 0.2) is 35.4 Å². The van der Waals surface area contributed by atoms with Crippen molar-refractivity contribution in [2.24, 2.45) is 10.9 Å². The summed E-state index contributed by atoms with van der Waals surface area (Å²) in [4.78, 5) is 13.3. The highest BCUT2D eigenvalue weighted by Crippen LogP contribution is 2.38. The van der Waals surface area contributed by atoms with Crippen LogP contribution in [0, 0.1) is 5.92 Å². The average Bonchev–Trinajstić information content (AvgIpc) is 2.40. The second-order valence-electron chi connectivity index (χ2n) is 4.84. The highest BCUT2D eigenvalue weighted by Gasteiger charge is 2.35. The van der Waals surface area contributed by atoms with Crippen molar-refractivity contribution in [3.05, 3.63) is 36.1 Å². The maximum Gasteiger partial charge on any atom is 0.0707 e. The van der Waals surface area contributed by atoms with Gasteiger partial charge in [0.25, 0.3) is 0 Å². The SMILES string of the molecule is C/C=C(\N=C/CC)C(C)(c1cnccn1)C(C)C. The summed E-state index contributed by atoms with van der Waals surface area (Å²) in [7, 11) is 0. The van der Waals surface area contributed by atoms with E-state index in [1.165, 1.54) is 0 Å². The van der Waals surface area contributed by atoms with Crippen LogP contribution in [-0.4, -0.2) is 16.2 Å². The predicted octanol–water partition coefficient (Wildman–Crippen LogP) is 3.77. The topological polar surface area (TPSA) is 38.1 Å². The Balaban J connectivity index is 3.27. The summed E-state index contributed by atoms with van der Waals surface area (Å²) >= 11 is 0. The van der Waals surface area contributed by atoms with Crippen molar-refractivity contribution in [1.29, 1.82) is 0 Å². The molecule has 0 amide bonds. The molecule has 0 radical (unpaired) electrons. The van der Waals surface area contributed by atoms with Crippen LogP contribution in [0.2, 0.25) is 0 Å². The fourth-order valence-electron chi connectivity index (χ4n) is 1.99. The zero-order valence-corrected chi connectivity index (χ0v) is 12.0. The maximum absolute atomic E-state index is 4.60. The molecule has 0 aliphatic rings. The second-order valence-corrected chi connectivity index (χ2v) is 4.84. The first-order valence-electron chi connectivity index (χ1n) is 6.53. The van der Waals surface area contributed by atoms with E-state index < -0.39 is 0 Å². The zero-order valence-electron chi connectivity index (χ0n) is 12.0. The number of nitrogens with zero attached hydrogens (tertiary/aromatic N) is 3. The summed E-state index contributed by atoms with van der Waals surface area (Å²) in [5.74, 6) is 0.398. The van der Waals surface area contributed by atoms with Crippen LogP contribution in [0.25, 0.3) is 0 Å². The molecule has 98 valence electrons. The molecule has 0 aliphatic carbocycles. The molecule has 3 nitrogen and oxygen atoms in total. The van der Waals surface area contributed by atoms with E-state index in [0.29, 0.717) is 5.92 Å². The number of hydrogen-bond donors (Lipinski definition) is 0. The number of aromatic nitrogens is 2. The Morgan fingerprint density at radius 2 is 2.17 bits per heavy atom. The first kappa shape index (κ1) is 14.6. The Hall–Kier alpha value is -1.51. The molecule has 0 saturated heterocycles. The van der Waals surface area contributed by atoms with Gasteiger partial charge in [0, 0.05) is 30.5 Å². The van der Waals surface area contributed by atoms with Gasteiger partial charge in [0.05, 0.1) is 11.1 Å². The second kappa shape index (κ2) is 6.43. The minimum atomic E-state index is -0.200. The van der Waals surface area contributed by atoms with E-state index in [2.05, 4.69) is 48.7 Å². The Morgan fingerprint density at radius 3 is 2.61 bits per heavy atom. The van der Waals surface area contributed by atoms with Gasteiger partial charge in [0.2, 0.25) is 0 Å². The van der Waals surface area contributed by atoms with Crippen molar-refractivity contribution >= 4 is 6.21 Å². The fraction of sp³-hybridized carbons (Fsp3) is 0.533. The van der Waals surface area contributed by atoms with Crippen LogP contribution in [-0.2, 0) is 5.41 Å². The lowest BCUT2D eigenvalue weighted by atomic mass is 9.73. The van der Waals surface area contributed by atoms with E-state index in [-0.39, 0.29) is 5.41 Å². The molecular weight excluding hydrogens is 222 g/mol. The van der Waals surface area contributed by atoms with E-state index in [1.54, 1.807) is 12.4 Å². The molecule has 1 rings (SSSR count). The molecule has 1 unspecified atom stereocenters. The summed E-state index contributed by atoms with van der Waals surface area (Å²) in [5, 5.41) is 0. The molecule has 0 N–H and O–H groups in total. The maximum atomic E-state index is 4.60. The van der Waals surface area contributed by atoms with Crippen LogP contribution in [0.4, 0.5) is 0 Å². The van der Waals surface area contributed by atoms with E-state index in [0.717, 1.165) is 17.8 Å². The third-order valence-electron chi connectivity index (χ3n) is 3.47. The third-order valence-corrected chi connectivity index (χ3v) is 3.47.